The number of aromatic nitrogens is 1. The van der Waals surface area contributed by atoms with E-state index in [9.17, 15) is 4.79 Å². The Balaban J connectivity index is 1.57. The van der Waals surface area contributed by atoms with Gasteiger partial charge in [0.25, 0.3) is 0 Å². The molecule has 1 aliphatic heterocycles. The summed E-state index contributed by atoms with van der Waals surface area (Å²) in [5.74, 6) is 1.31. The van der Waals surface area contributed by atoms with Crippen molar-refractivity contribution in [2.75, 3.05) is 32.1 Å². The van der Waals surface area contributed by atoms with E-state index in [4.69, 9.17) is 4.74 Å². The summed E-state index contributed by atoms with van der Waals surface area (Å²) < 4.78 is 5.03. The number of piperidine rings is 1. The van der Waals surface area contributed by atoms with Crippen LogP contribution >= 0.6 is 11.3 Å². The fourth-order valence-corrected chi connectivity index (χ4v) is 4.03. The van der Waals surface area contributed by atoms with Gasteiger partial charge in [-0.1, -0.05) is 13.0 Å². The number of amides is 2. The lowest BCUT2D eigenvalue weighted by molar-refractivity contribution is 0.138. The number of rotatable bonds is 6. The Morgan fingerprint density at radius 1 is 1.38 bits per heavy atom. The van der Waals surface area contributed by atoms with E-state index in [0.29, 0.717) is 18.1 Å². The lowest BCUT2D eigenvalue weighted by Crippen LogP contribution is -2.42. The maximum atomic E-state index is 12.3. The highest BCUT2D eigenvalue weighted by Gasteiger charge is 2.25. The average molecular weight is 375 g/mol. The van der Waals surface area contributed by atoms with Gasteiger partial charge in [0, 0.05) is 17.5 Å². The molecule has 6 nitrogen and oxygen atoms in total. The number of ether oxygens (including phenoxy) is 1. The van der Waals surface area contributed by atoms with Crippen LogP contribution in [-0.2, 0) is 0 Å². The molecule has 1 fully saturated rings. The fraction of sp³-hybridized carbons (Fsp3) is 0.474. The van der Waals surface area contributed by atoms with Crippen LogP contribution < -0.4 is 15.4 Å². The fourth-order valence-electron chi connectivity index (χ4n) is 3.17. The lowest BCUT2D eigenvalue weighted by atomic mass is 9.97. The number of nitrogens with one attached hydrogen (secondary N) is 2. The third-order valence-corrected chi connectivity index (χ3v) is 5.76. The van der Waals surface area contributed by atoms with Crippen LogP contribution in [0.1, 0.15) is 30.7 Å². The number of carbonyl (C=O) groups excluding carboxylic acids is 1. The van der Waals surface area contributed by atoms with Gasteiger partial charge in [-0.2, -0.15) is 0 Å². The highest BCUT2D eigenvalue weighted by atomic mass is 32.1. The summed E-state index contributed by atoms with van der Waals surface area (Å²) in [4.78, 5) is 20.2. The standard InChI is InChI=1S/C19H26N4O2S/c1-14-7-9-23(10-8-14)16(17-4-3-11-26-17)13-21-19(24)22-15-5-6-18(25-2)20-12-15/h3-6,11-12,14,16H,7-10,13H2,1-2H3,(H2,21,22,24)/t16-/m1/s1. The zero-order valence-electron chi connectivity index (χ0n) is 15.3. The van der Waals surface area contributed by atoms with Crippen LogP contribution in [0.4, 0.5) is 10.5 Å². The first-order valence-electron chi connectivity index (χ1n) is 8.98. The van der Waals surface area contributed by atoms with E-state index in [0.717, 1.165) is 19.0 Å². The first-order chi connectivity index (χ1) is 12.7. The number of nitrogens with zero attached hydrogens (tertiary/aromatic N) is 2. The Morgan fingerprint density at radius 3 is 2.81 bits per heavy atom. The van der Waals surface area contributed by atoms with Crippen molar-refractivity contribution in [3.8, 4) is 5.88 Å². The van der Waals surface area contributed by atoms with E-state index in [1.165, 1.54) is 17.7 Å². The molecule has 1 saturated heterocycles. The van der Waals surface area contributed by atoms with Crippen molar-refractivity contribution < 1.29 is 9.53 Å². The van der Waals surface area contributed by atoms with E-state index in [-0.39, 0.29) is 12.1 Å². The van der Waals surface area contributed by atoms with E-state index in [2.05, 4.69) is 45.0 Å². The third-order valence-electron chi connectivity index (χ3n) is 4.79. The molecule has 26 heavy (non-hydrogen) atoms. The molecule has 3 rings (SSSR count). The monoisotopic (exact) mass is 374 g/mol. The largest absolute Gasteiger partial charge is 0.481 e. The predicted molar refractivity (Wildman–Crippen MR) is 105 cm³/mol. The highest BCUT2D eigenvalue weighted by molar-refractivity contribution is 7.10. The number of hydrogen-bond donors (Lipinski definition) is 2. The molecular weight excluding hydrogens is 348 g/mol. The minimum absolute atomic E-state index is 0.219. The van der Waals surface area contributed by atoms with E-state index >= 15 is 0 Å². The number of urea groups is 1. The lowest BCUT2D eigenvalue weighted by Gasteiger charge is -2.36. The SMILES string of the molecule is COc1ccc(NC(=O)NC[C@H](c2cccs2)N2CCC(C)CC2)cn1. The topological polar surface area (TPSA) is 66.5 Å². The Hall–Kier alpha value is -2.12. The number of likely N-dealkylation sites (tertiary alicyclic amines) is 1. The highest BCUT2D eigenvalue weighted by Crippen LogP contribution is 2.29. The molecule has 0 saturated carbocycles. The zero-order chi connectivity index (χ0) is 18.4. The maximum absolute atomic E-state index is 12.3. The van der Waals surface area contributed by atoms with E-state index in [1.807, 2.05) is 0 Å². The number of hydrogen-bond acceptors (Lipinski definition) is 5. The van der Waals surface area contributed by atoms with Crippen LogP contribution in [0.5, 0.6) is 5.88 Å². The number of carbonyl (C=O) groups is 1. The molecular formula is C19H26N4O2S. The van der Waals surface area contributed by atoms with Gasteiger partial charge in [0.15, 0.2) is 0 Å². The van der Waals surface area contributed by atoms with Crippen LogP contribution in [0.2, 0.25) is 0 Å². The van der Waals surface area contributed by atoms with Gasteiger partial charge in [0.1, 0.15) is 0 Å². The first kappa shape index (κ1) is 18.7. The number of anilines is 1. The molecule has 2 N–H and O–H groups in total. The summed E-state index contributed by atoms with van der Waals surface area (Å²) in [5.41, 5.74) is 0.641. The van der Waals surface area contributed by atoms with Gasteiger partial charge < -0.3 is 15.4 Å². The van der Waals surface area contributed by atoms with Crippen LogP contribution in [0, 0.1) is 5.92 Å². The quantitative estimate of drug-likeness (QED) is 0.808. The van der Waals surface area contributed by atoms with Gasteiger partial charge >= 0.3 is 6.03 Å². The van der Waals surface area contributed by atoms with Crippen LogP contribution in [0.25, 0.3) is 0 Å². The molecule has 1 atom stereocenters. The minimum atomic E-state index is -0.219. The van der Waals surface area contributed by atoms with Crippen molar-refractivity contribution >= 4 is 23.1 Å². The first-order valence-corrected chi connectivity index (χ1v) is 9.86. The molecule has 1 aliphatic rings. The summed E-state index contributed by atoms with van der Waals surface area (Å²) in [5, 5.41) is 7.93. The third kappa shape index (κ3) is 4.95. The molecule has 2 amide bonds. The Kier molecular flexibility index (Phi) is 6.46. The smallest absolute Gasteiger partial charge is 0.319 e. The normalized spacial score (nSPS) is 16.8. The molecule has 2 aromatic heterocycles. The molecule has 0 unspecified atom stereocenters. The van der Waals surface area contributed by atoms with Crippen molar-refractivity contribution in [3.63, 3.8) is 0 Å². The van der Waals surface area contributed by atoms with Gasteiger partial charge in [-0.05, 0) is 49.4 Å². The summed E-state index contributed by atoms with van der Waals surface area (Å²) in [6.45, 7) is 5.06. The molecule has 0 aliphatic carbocycles. The summed E-state index contributed by atoms with van der Waals surface area (Å²) in [6.07, 6.45) is 4.01. The predicted octanol–water partition coefficient (Wildman–Crippen LogP) is 3.75. The second-order valence-corrected chi connectivity index (χ2v) is 7.65. The van der Waals surface area contributed by atoms with Crippen molar-refractivity contribution in [1.29, 1.82) is 0 Å². The zero-order valence-corrected chi connectivity index (χ0v) is 16.1. The minimum Gasteiger partial charge on any atom is -0.481 e. The molecule has 0 bridgehead atoms. The van der Waals surface area contributed by atoms with Crippen LogP contribution in [-0.4, -0.2) is 42.7 Å². The molecule has 0 radical (unpaired) electrons. The van der Waals surface area contributed by atoms with Gasteiger partial charge in [-0.15, -0.1) is 11.3 Å². The second-order valence-electron chi connectivity index (χ2n) is 6.67. The van der Waals surface area contributed by atoms with Gasteiger partial charge in [0.2, 0.25) is 5.88 Å². The van der Waals surface area contributed by atoms with Gasteiger partial charge in [-0.25, -0.2) is 9.78 Å². The maximum Gasteiger partial charge on any atom is 0.319 e. The summed E-state index contributed by atoms with van der Waals surface area (Å²) in [7, 11) is 1.56. The number of pyridine rings is 1. The van der Waals surface area contributed by atoms with Crippen molar-refractivity contribution in [3.05, 3.63) is 40.7 Å². The second kappa shape index (κ2) is 9.00. The van der Waals surface area contributed by atoms with Crippen LogP contribution in [0.3, 0.4) is 0 Å². The van der Waals surface area contributed by atoms with E-state index < -0.39 is 0 Å². The van der Waals surface area contributed by atoms with Crippen molar-refractivity contribution in [2.45, 2.75) is 25.8 Å². The number of thiophene rings is 1. The number of methoxy groups -OCH3 is 1. The Bertz CT molecular complexity index is 682. The summed E-state index contributed by atoms with van der Waals surface area (Å²) in [6, 6.07) is 7.72. The Labute approximate surface area is 158 Å². The molecule has 0 aromatic carbocycles. The molecule has 3 heterocycles. The molecule has 140 valence electrons. The molecule has 7 heteroatoms. The van der Waals surface area contributed by atoms with Crippen LogP contribution in [0.15, 0.2) is 35.8 Å². The summed E-state index contributed by atoms with van der Waals surface area (Å²) >= 11 is 1.75. The Morgan fingerprint density at radius 2 is 2.19 bits per heavy atom. The molecule has 0 spiro atoms. The van der Waals surface area contributed by atoms with Crippen molar-refractivity contribution in [2.24, 2.45) is 5.92 Å². The van der Waals surface area contributed by atoms with Crippen molar-refractivity contribution in [1.82, 2.24) is 15.2 Å². The van der Waals surface area contributed by atoms with Gasteiger partial charge in [-0.3, -0.25) is 4.90 Å². The molecule has 2 aromatic rings. The van der Waals surface area contributed by atoms with E-state index in [1.54, 1.807) is 36.8 Å². The van der Waals surface area contributed by atoms with Gasteiger partial charge in [0.05, 0.1) is 25.0 Å². The average Bonchev–Trinajstić information content (AvgIpc) is 3.18.